The lowest BCUT2D eigenvalue weighted by Gasteiger charge is -2.22. The zero-order valence-electron chi connectivity index (χ0n) is 8.75. The van der Waals surface area contributed by atoms with Gasteiger partial charge in [-0.3, -0.25) is 0 Å². The van der Waals surface area contributed by atoms with Gasteiger partial charge in [0.2, 0.25) is 0 Å². The fraction of sp³-hybridized carbons (Fsp3) is 0.833. The molecule has 0 heterocycles. The molecule has 2 rings (SSSR count). The molecule has 0 bridgehead atoms. The molecule has 2 aliphatic carbocycles. The molecule has 3 unspecified atom stereocenters. The van der Waals surface area contributed by atoms with Gasteiger partial charge >= 0.3 is 0 Å². The van der Waals surface area contributed by atoms with Crippen LogP contribution in [0.25, 0.3) is 0 Å². The van der Waals surface area contributed by atoms with Crippen molar-refractivity contribution >= 4 is 0 Å². The van der Waals surface area contributed by atoms with Crippen LogP contribution in [0.4, 0.5) is 0 Å². The molecule has 1 nitrogen and oxygen atoms in total. The Morgan fingerprint density at radius 3 is 3.08 bits per heavy atom. The summed E-state index contributed by atoms with van der Waals surface area (Å²) < 4.78 is 5.24. The highest BCUT2D eigenvalue weighted by molar-refractivity contribution is 5.09. The largest absolute Gasteiger partial charge is 0.384 e. The molecule has 74 valence electrons. The highest BCUT2D eigenvalue weighted by Crippen LogP contribution is 2.43. The lowest BCUT2D eigenvalue weighted by Crippen LogP contribution is -2.10. The van der Waals surface area contributed by atoms with Gasteiger partial charge in [0.1, 0.15) is 0 Å². The van der Waals surface area contributed by atoms with Crippen LogP contribution in [0.3, 0.4) is 0 Å². The lowest BCUT2D eigenvalue weighted by atomic mass is 9.84. The number of hydrogen-bond acceptors (Lipinski definition) is 1. The Kier molecular flexibility index (Phi) is 2.73. The summed E-state index contributed by atoms with van der Waals surface area (Å²) in [6.07, 6.45) is 8.05. The van der Waals surface area contributed by atoms with Crippen molar-refractivity contribution in [3.63, 3.8) is 0 Å². The molecule has 2 aliphatic rings. The van der Waals surface area contributed by atoms with Gasteiger partial charge in [-0.25, -0.2) is 0 Å². The SMILES string of the molecule is COCC1CC2C=C(C)CCC2C1. The number of ether oxygens (including phenoxy) is 1. The van der Waals surface area contributed by atoms with Gasteiger partial charge in [-0.05, 0) is 50.4 Å². The van der Waals surface area contributed by atoms with Crippen molar-refractivity contribution in [2.75, 3.05) is 13.7 Å². The van der Waals surface area contributed by atoms with Gasteiger partial charge in [0.05, 0.1) is 0 Å². The summed E-state index contributed by atoms with van der Waals surface area (Å²) in [4.78, 5) is 0. The first-order chi connectivity index (χ1) is 6.29. The van der Waals surface area contributed by atoms with Crippen LogP contribution in [0.15, 0.2) is 11.6 Å². The zero-order chi connectivity index (χ0) is 9.26. The standard InChI is InChI=1S/C12H20O/c1-9-3-4-11-6-10(8-13-2)7-12(11)5-9/h5,10-12H,3-4,6-8H2,1-2H3. The predicted octanol–water partition coefficient (Wildman–Crippen LogP) is 3.02. The molecule has 0 N–H and O–H groups in total. The molecule has 0 amide bonds. The summed E-state index contributed by atoms with van der Waals surface area (Å²) in [6, 6.07) is 0. The van der Waals surface area contributed by atoms with Gasteiger partial charge in [-0.1, -0.05) is 11.6 Å². The Morgan fingerprint density at radius 2 is 2.31 bits per heavy atom. The summed E-state index contributed by atoms with van der Waals surface area (Å²) >= 11 is 0. The quantitative estimate of drug-likeness (QED) is 0.593. The van der Waals surface area contributed by atoms with Crippen LogP contribution in [0.2, 0.25) is 0 Å². The third kappa shape index (κ3) is 1.96. The molecule has 0 aromatic carbocycles. The van der Waals surface area contributed by atoms with Crippen molar-refractivity contribution in [2.45, 2.75) is 32.6 Å². The molecular formula is C12H20O. The van der Waals surface area contributed by atoms with Crippen molar-refractivity contribution in [3.05, 3.63) is 11.6 Å². The maximum Gasteiger partial charge on any atom is 0.0490 e. The molecule has 0 aliphatic heterocycles. The molecule has 1 fully saturated rings. The topological polar surface area (TPSA) is 9.23 Å². The average molecular weight is 180 g/mol. The lowest BCUT2D eigenvalue weighted by molar-refractivity contribution is 0.152. The van der Waals surface area contributed by atoms with Crippen LogP contribution in [-0.4, -0.2) is 13.7 Å². The van der Waals surface area contributed by atoms with Crippen LogP contribution in [0.1, 0.15) is 32.6 Å². The maximum absolute atomic E-state index is 5.24. The van der Waals surface area contributed by atoms with E-state index in [1.807, 2.05) is 7.11 Å². The van der Waals surface area contributed by atoms with E-state index in [1.165, 1.54) is 25.7 Å². The Balaban J connectivity index is 1.96. The molecule has 0 spiro atoms. The predicted molar refractivity (Wildman–Crippen MR) is 54.6 cm³/mol. The van der Waals surface area contributed by atoms with Crippen molar-refractivity contribution in [3.8, 4) is 0 Å². The minimum absolute atomic E-state index is 0.835. The Hall–Kier alpha value is -0.300. The first kappa shape index (κ1) is 9.26. The average Bonchev–Trinajstić information content (AvgIpc) is 2.46. The van der Waals surface area contributed by atoms with Crippen LogP contribution < -0.4 is 0 Å². The van der Waals surface area contributed by atoms with Gasteiger partial charge in [-0.2, -0.15) is 0 Å². The Bertz CT molecular complexity index is 207. The molecule has 1 saturated carbocycles. The van der Waals surface area contributed by atoms with E-state index in [0.29, 0.717) is 0 Å². The van der Waals surface area contributed by atoms with E-state index < -0.39 is 0 Å². The summed E-state index contributed by atoms with van der Waals surface area (Å²) in [5, 5.41) is 0. The second-order valence-corrected chi connectivity index (χ2v) is 4.77. The number of allylic oxidation sites excluding steroid dienone is 2. The summed E-state index contributed by atoms with van der Waals surface area (Å²) in [5.74, 6) is 2.69. The summed E-state index contributed by atoms with van der Waals surface area (Å²) in [5.41, 5.74) is 1.61. The first-order valence-corrected chi connectivity index (χ1v) is 5.46. The van der Waals surface area contributed by atoms with E-state index >= 15 is 0 Å². The van der Waals surface area contributed by atoms with Gasteiger partial charge in [-0.15, -0.1) is 0 Å². The highest BCUT2D eigenvalue weighted by Gasteiger charge is 2.34. The first-order valence-electron chi connectivity index (χ1n) is 5.46. The van der Waals surface area contributed by atoms with Gasteiger partial charge in [0.25, 0.3) is 0 Å². The number of fused-ring (bicyclic) bond motifs is 1. The number of methoxy groups -OCH3 is 1. The number of rotatable bonds is 2. The highest BCUT2D eigenvalue weighted by atomic mass is 16.5. The van der Waals surface area contributed by atoms with Crippen LogP contribution >= 0.6 is 0 Å². The molecule has 0 radical (unpaired) electrons. The van der Waals surface area contributed by atoms with Crippen molar-refractivity contribution in [1.29, 1.82) is 0 Å². The van der Waals surface area contributed by atoms with E-state index in [0.717, 1.165) is 24.4 Å². The molecule has 0 aromatic heterocycles. The molecule has 3 atom stereocenters. The van der Waals surface area contributed by atoms with E-state index in [9.17, 15) is 0 Å². The molecule has 1 heteroatoms. The minimum Gasteiger partial charge on any atom is -0.384 e. The smallest absolute Gasteiger partial charge is 0.0490 e. The van der Waals surface area contributed by atoms with Crippen molar-refractivity contribution < 1.29 is 4.74 Å². The van der Waals surface area contributed by atoms with Gasteiger partial charge < -0.3 is 4.74 Å². The Morgan fingerprint density at radius 1 is 1.46 bits per heavy atom. The van der Waals surface area contributed by atoms with E-state index in [4.69, 9.17) is 4.74 Å². The molecule has 0 saturated heterocycles. The van der Waals surface area contributed by atoms with Crippen molar-refractivity contribution in [2.24, 2.45) is 17.8 Å². The fourth-order valence-electron chi connectivity index (χ4n) is 3.05. The van der Waals surface area contributed by atoms with E-state index in [2.05, 4.69) is 13.0 Å². The molecule has 13 heavy (non-hydrogen) atoms. The van der Waals surface area contributed by atoms with Gasteiger partial charge in [0, 0.05) is 13.7 Å². The normalized spacial score (nSPS) is 38.6. The van der Waals surface area contributed by atoms with E-state index in [-0.39, 0.29) is 0 Å². The van der Waals surface area contributed by atoms with Crippen molar-refractivity contribution in [1.82, 2.24) is 0 Å². The van der Waals surface area contributed by atoms with Crippen LogP contribution in [0, 0.1) is 17.8 Å². The fourth-order valence-corrected chi connectivity index (χ4v) is 3.05. The Labute approximate surface area is 81.2 Å². The van der Waals surface area contributed by atoms with E-state index in [1.54, 1.807) is 5.57 Å². The molecule has 0 aromatic rings. The third-order valence-corrected chi connectivity index (χ3v) is 3.66. The second kappa shape index (κ2) is 3.83. The van der Waals surface area contributed by atoms with Crippen LogP contribution in [0.5, 0.6) is 0 Å². The number of hydrogen-bond donors (Lipinski definition) is 0. The molecular weight excluding hydrogens is 160 g/mol. The maximum atomic E-state index is 5.24. The van der Waals surface area contributed by atoms with Gasteiger partial charge in [0.15, 0.2) is 0 Å². The summed E-state index contributed by atoms with van der Waals surface area (Å²) in [7, 11) is 1.82. The zero-order valence-corrected chi connectivity index (χ0v) is 8.75. The third-order valence-electron chi connectivity index (χ3n) is 3.66. The minimum atomic E-state index is 0.835. The second-order valence-electron chi connectivity index (χ2n) is 4.77. The van der Waals surface area contributed by atoms with Crippen LogP contribution in [-0.2, 0) is 4.74 Å². The summed E-state index contributed by atoms with van der Waals surface area (Å²) in [6.45, 7) is 3.25. The monoisotopic (exact) mass is 180 g/mol.